The number of benzene rings is 4. The predicted molar refractivity (Wildman–Crippen MR) is 195 cm³/mol. The van der Waals surface area contributed by atoms with Crippen LogP contribution in [0.1, 0.15) is 24.8 Å². The van der Waals surface area contributed by atoms with E-state index in [2.05, 4.69) is 53.8 Å². The second kappa shape index (κ2) is 16.1. The summed E-state index contributed by atoms with van der Waals surface area (Å²) in [6, 6.07) is 15.9. The number of nitrogens with one attached hydrogen (secondary N) is 1. The molecular formula is C38H50N4O12. The average molecular weight is 755 g/mol. The van der Waals surface area contributed by atoms with Crippen LogP contribution in [-0.2, 0) is 30.2 Å². The average Bonchev–Trinajstić information content (AvgIpc) is 3.16. The highest BCUT2D eigenvalue weighted by atomic mass is 16.7. The van der Waals surface area contributed by atoms with Crippen molar-refractivity contribution in [1.82, 2.24) is 5.32 Å². The number of nitrogens with two attached hydrogens (primary N) is 3. The van der Waals surface area contributed by atoms with Gasteiger partial charge in [0.25, 0.3) is 0 Å². The van der Waals surface area contributed by atoms with Gasteiger partial charge in [-0.25, -0.2) is 0 Å². The van der Waals surface area contributed by atoms with Gasteiger partial charge in [0, 0.05) is 25.0 Å². The van der Waals surface area contributed by atoms with Crippen LogP contribution in [0.2, 0.25) is 0 Å². The van der Waals surface area contributed by atoms with Crippen LogP contribution in [0.25, 0.3) is 32.3 Å². The van der Waals surface area contributed by atoms with Crippen molar-refractivity contribution in [1.29, 1.82) is 0 Å². The van der Waals surface area contributed by atoms with Gasteiger partial charge in [-0.3, -0.25) is 4.79 Å². The van der Waals surface area contributed by atoms with Crippen molar-refractivity contribution in [2.75, 3.05) is 13.2 Å². The lowest BCUT2D eigenvalue weighted by Gasteiger charge is -2.48. The summed E-state index contributed by atoms with van der Waals surface area (Å²) in [5.41, 5.74) is 19.6. The fourth-order valence-corrected chi connectivity index (χ4v) is 8.13. The molecule has 0 bridgehead atoms. The molecular weight excluding hydrogens is 704 g/mol. The van der Waals surface area contributed by atoms with Crippen LogP contribution in [0.4, 0.5) is 0 Å². The van der Waals surface area contributed by atoms with E-state index < -0.39 is 98.4 Å². The van der Waals surface area contributed by atoms with E-state index in [1.165, 1.54) is 21.5 Å². The van der Waals surface area contributed by atoms with Gasteiger partial charge in [0.05, 0.1) is 12.6 Å². The maximum atomic E-state index is 13.0. The minimum atomic E-state index is -1.76. The van der Waals surface area contributed by atoms with Gasteiger partial charge in [-0.05, 0) is 57.1 Å². The largest absolute Gasteiger partial charge is 0.394 e. The van der Waals surface area contributed by atoms with Gasteiger partial charge < -0.3 is 77.2 Å². The Morgan fingerprint density at radius 1 is 0.704 bits per heavy atom. The fourth-order valence-electron chi connectivity index (χ4n) is 8.13. The summed E-state index contributed by atoms with van der Waals surface area (Å²) in [5.74, 6) is -0.303. The van der Waals surface area contributed by atoms with Crippen molar-refractivity contribution >= 4 is 38.2 Å². The molecule has 4 aromatic rings. The lowest BCUT2D eigenvalue weighted by Crippen LogP contribution is -2.68. The van der Waals surface area contributed by atoms with Crippen LogP contribution in [0.5, 0.6) is 0 Å². The number of aryl methyl sites for hydroxylation is 1. The molecule has 3 fully saturated rings. The van der Waals surface area contributed by atoms with Gasteiger partial charge in [0.1, 0.15) is 61.0 Å². The number of rotatable bonds is 11. The molecule has 1 amide bonds. The maximum absolute atomic E-state index is 13.0. The van der Waals surface area contributed by atoms with E-state index in [1.54, 1.807) is 0 Å². The standard InChI is InChI=1S/C38H50N4O12/c39-21-13-22(40)36(34(50)35(21)53-37-31(47)28(41)29(45)24(15-43)52-37)54-38-33(49)32(48)30(46)23(51-38)14-42-25(44)6-2-3-16-7-8-19-10-9-17-4-1-5-18-11-12-20(16)27(19)26(17)18/h1,4-5,7-12,21-24,28-38,43,45-50H,2-3,6,13-15,39-41H2,(H,42,44)/t21?,22?,23?,24-,28-,29?,30-,31-,32?,33?,34-,35?,36?,37?,38-/m1/s1. The first-order chi connectivity index (χ1) is 25.9. The Bertz CT molecular complexity index is 1890. The number of hydrogen-bond acceptors (Lipinski definition) is 15. The molecule has 2 aliphatic heterocycles. The van der Waals surface area contributed by atoms with Crippen LogP contribution in [0.3, 0.4) is 0 Å². The zero-order valence-electron chi connectivity index (χ0n) is 29.5. The molecule has 54 heavy (non-hydrogen) atoms. The number of aliphatic hydroxyl groups is 7. The van der Waals surface area contributed by atoms with Gasteiger partial charge in [-0.15, -0.1) is 0 Å². The Morgan fingerprint density at radius 3 is 1.96 bits per heavy atom. The fraction of sp³-hybridized carbons (Fsp3) is 0.553. The monoisotopic (exact) mass is 754 g/mol. The van der Waals surface area contributed by atoms with Gasteiger partial charge in [-0.2, -0.15) is 0 Å². The van der Waals surface area contributed by atoms with E-state index in [-0.39, 0.29) is 25.3 Å². The Morgan fingerprint density at radius 2 is 1.30 bits per heavy atom. The van der Waals surface area contributed by atoms with Crippen LogP contribution in [0, 0.1) is 0 Å². The molecule has 14 N–H and O–H groups in total. The minimum absolute atomic E-state index is 0.0371. The predicted octanol–water partition coefficient (Wildman–Crippen LogP) is -2.21. The van der Waals surface area contributed by atoms with E-state index in [0.717, 1.165) is 16.3 Å². The minimum Gasteiger partial charge on any atom is -0.394 e. The molecule has 7 rings (SSSR count). The maximum Gasteiger partial charge on any atom is 0.220 e. The quantitative estimate of drug-likeness (QED) is 0.0724. The molecule has 0 aromatic heterocycles. The third-order valence-electron chi connectivity index (χ3n) is 11.2. The highest BCUT2D eigenvalue weighted by Gasteiger charge is 2.51. The SMILES string of the molecule is NC1CC(N)C(O[C@H]2OC(CNC(=O)CCCc3ccc4ccc5cccc6ccc3c4c56)[C@@H](O)C(O)C2O)[C@H](O)C1OC1O[C@H](CO)C(O)[C@@H](N)[C@H]1O. The highest BCUT2D eigenvalue weighted by Crippen LogP contribution is 2.36. The molecule has 294 valence electrons. The first kappa shape index (κ1) is 39.1. The Balaban J connectivity index is 0.950. The van der Waals surface area contributed by atoms with E-state index >= 15 is 0 Å². The first-order valence-electron chi connectivity index (χ1n) is 18.4. The van der Waals surface area contributed by atoms with Crippen molar-refractivity contribution < 1.29 is 59.5 Å². The number of amides is 1. The van der Waals surface area contributed by atoms with Crippen molar-refractivity contribution in [2.45, 2.75) is 117 Å². The van der Waals surface area contributed by atoms with Crippen molar-refractivity contribution in [3.05, 3.63) is 60.2 Å². The van der Waals surface area contributed by atoms with E-state index in [0.29, 0.717) is 12.8 Å². The van der Waals surface area contributed by atoms with Gasteiger partial charge in [0.15, 0.2) is 12.6 Å². The molecule has 1 aliphatic carbocycles. The topological polar surface area (TPSA) is 286 Å². The molecule has 1 saturated carbocycles. The third kappa shape index (κ3) is 7.40. The molecule has 16 nitrogen and oxygen atoms in total. The number of ether oxygens (including phenoxy) is 4. The molecule has 0 spiro atoms. The number of carbonyl (C=O) groups excluding carboxylic acids is 1. The Labute approximate surface area is 310 Å². The second-order valence-corrected chi connectivity index (χ2v) is 14.8. The molecule has 4 aromatic carbocycles. The molecule has 0 radical (unpaired) electrons. The van der Waals surface area contributed by atoms with Crippen molar-refractivity contribution in [2.24, 2.45) is 17.2 Å². The van der Waals surface area contributed by atoms with Gasteiger partial charge in [-0.1, -0.05) is 54.6 Å². The molecule has 3 aliphatic rings. The summed E-state index contributed by atoms with van der Waals surface area (Å²) in [5, 5.41) is 83.7. The first-order valence-corrected chi connectivity index (χ1v) is 18.4. The summed E-state index contributed by atoms with van der Waals surface area (Å²) in [6.07, 6.45) is -16.2. The summed E-state index contributed by atoms with van der Waals surface area (Å²) >= 11 is 0. The lowest BCUT2D eigenvalue weighted by atomic mass is 9.84. The number of carbonyl (C=O) groups is 1. The van der Waals surface area contributed by atoms with Gasteiger partial charge >= 0.3 is 0 Å². The van der Waals surface area contributed by atoms with Crippen LogP contribution < -0.4 is 22.5 Å². The van der Waals surface area contributed by atoms with Crippen LogP contribution in [-0.4, -0.2) is 147 Å². The Hall–Kier alpha value is -3.17. The smallest absolute Gasteiger partial charge is 0.220 e. The van der Waals surface area contributed by atoms with Crippen molar-refractivity contribution in [3.63, 3.8) is 0 Å². The Kier molecular flexibility index (Phi) is 11.7. The van der Waals surface area contributed by atoms with Crippen LogP contribution in [0.15, 0.2) is 54.6 Å². The van der Waals surface area contributed by atoms with E-state index in [4.69, 9.17) is 36.1 Å². The zero-order chi connectivity index (χ0) is 38.4. The molecule has 9 unspecified atom stereocenters. The third-order valence-corrected chi connectivity index (χ3v) is 11.2. The van der Waals surface area contributed by atoms with E-state index in [1.807, 2.05) is 6.07 Å². The number of aliphatic hydroxyl groups excluding tert-OH is 7. The highest BCUT2D eigenvalue weighted by molar-refractivity contribution is 6.23. The summed E-state index contributed by atoms with van der Waals surface area (Å²) < 4.78 is 23.0. The summed E-state index contributed by atoms with van der Waals surface area (Å²) in [6.45, 7) is -0.834. The van der Waals surface area contributed by atoms with Gasteiger partial charge in [0.2, 0.25) is 5.91 Å². The molecule has 2 heterocycles. The molecule has 2 saturated heterocycles. The zero-order valence-corrected chi connectivity index (χ0v) is 29.5. The number of hydrogen-bond donors (Lipinski definition) is 11. The van der Waals surface area contributed by atoms with Crippen LogP contribution >= 0.6 is 0 Å². The van der Waals surface area contributed by atoms with E-state index in [9.17, 15) is 40.5 Å². The summed E-state index contributed by atoms with van der Waals surface area (Å²) in [4.78, 5) is 13.0. The molecule has 16 heteroatoms. The normalized spacial score (nSPS) is 37.6. The lowest BCUT2D eigenvalue weighted by molar-refractivity contribution is -0.332. The summed E-state index contributed by atoms with van der Waals surface area (Å²) in [7, 11) is 0. The van der Waals surface area contributed by atoms with Crippen molar-refractivity contribution in [3.8, 4) is 0 Å². The second-order valence-electron chi connectivity index (χ2n) is 14.8. The molecule has 15 atom stereocenters.